The molecule has 58 valence electrons. The third-order valence-electron chi connectivity index (χ3n) is 1.38. The lowest BCUT2D eigenvalue weighted by Gasteiger charge is -1.96. The fourth-order valence-electron chi connectivity index (χ4n) is 0.822. The highest BCUT2D eigenvalue weighted by molar-refractivity contribution is 7.56. The van der Waals surface area contributed by atoms with Crippen LogP contribution in [0.1, 0.15) is 12.5 Å². The molecule has 0 N–H and O–H groups in total. The maximum Gasteiger partial charge on any atom is 0.148 e. The second kappa shape index (κ2) is 4.25. The lowest BCUT2D eigenvalue weighted by molar-refractivity contribution is -0.109. The highest BCUT2D eigenvalue weighted by Crippen LogP contribution is 2.18. The summed E-state index contributed by atoms with van der Waals surface area (Å²) in [6, 6.07) is 10.1. The first-order chi connectivity index (χ1) is 5.29. The highest BCUT2D eigenvalue weighted by Gasteiger charge is 1.93. The minimum atomic E-state index is 0.286. The zero-order valence-electron chi connectivity index (χ0n) is 6.50. The second-order valence-corrected chi connectivity index (χ2v) is 3.81. The zero-order chi connectivity index (χ0) is 8.10. The van der Waals surface area contributed by atoms with Crippen LogP contribution >= 0.6 is 8.58 Å². The van der Waals surface area contributed by atoms with E-state index in [1.165, 1.54) is 5.56 Å². The molecule has 2 heteroatoms. The summed E-state index contributed by atoms with van der Waals surface area (Å²) in [7, 11) is 0.427. The molecule has 1 atom stereocenters. The van der Waals surface area contributed by atoms with E-state index >= 15 is 0 Å². The molecular formula is C9H11OP. The van der Waals surface area contributed by atoms with Crippen molar-refractivity contribution in [3.8, 4) is 0 Å². The second-order valence-electron chi connectivity index (χ2n) is 2.40. The van der Waals surface area contributed by atoms with Crippen LogP contribution in [0, 0.1) is 0 Å². The van der Waals surface area contributed by atoms with Crippen molar-refractivity contribution < 1.29 is 4.79 Å². The van der Waals surface area contributed by atoms with Gasteiger partial charge in [-0.15, -0.1) is 0 Å². The summed E-state index contributed by atoms with van der Waals surface area (Å²) in [5.74, 6) is 0. The molecule has 1 unspecified atom stereocenters. The van der Waals surface area contributed by atoms with Crippen LogP contribution in [0.15, 0.2) is 30.3 Å². The van der Waals surface area contributed by atoms with E-state index in [4.69, 9.17) is 0 Å². The van der Waals surface area contributed by atoms with Crippen LogP contribution in [0.25, 0.3) is 0 Å². The maximum absolute atomic E-state index is 10.6. The fourth-order valence-corrected chi connectivity index (χ4v) is 1.51. The van der Waals surface area contributed by atoms with Crippen molar-refractivity contribution in [3.05, 3.63) is 35.9 Å². The Morgan fingerprint density at radius 3 is 2.55 bits per heavy atom. The number of hydrogen-bond donors (Lipinski definition) is 0. The largest absolute Gasteiger partial charge is 0.295 e. The summed E-state index contributed by atoms with van der Waals surface area (Å²) >= 11 is 0. The van der Waals surface area contributed by atoms with Gasteiger partial charge in [-0.1, -0.05) is 30.3 Å². The van der Waals surface area contributed by atoms with Crippen LogP contribution in [0.5, 0.6) is 0 Å². The van der Waals surface area contributed by atoms with E-state index < -0.39 is 0 Å². The average molecular weight is 166 g/mol. The maximum atomic E-state index is 10.6. The van der Waals surface area contributed by atoms with Crippen LogP contribution in [0.2, 0.25) is 0 Å². The van der Waals surface area contributed by atoms with Crippen molar-refractivity contribution in [2.45, 2.75) is 13.1 Å². The third-order valence-corrected chi connectivity index (χ3v) is 2.47. The number of hydrogen-bond acceptors (Lipinski definition) is 1. The van der Waals surface area contributed by atoms with Gasteiger partial charge in [0.15, 0.2) is 0 Å². The summed E-state index contributed by atoms with van der Waals surface area (Å²) < 4.78 is 0. The van der Waals surface area contributed by atoms with Gasteiger partial charge in [0, 0.05) is 0 Å². The third kappa shape index (κ3) is 3.29. The van der Waals surface area contributed by atoms with Crippen LogP contribution in [0.3, 0.4) is 0 Å². The molecule has 1 nitrogen and oxygen atoms in total. The predicted molar refractivity (Wildman–Crippen MR) is 49.1 cm³/mol. The van der Waals surface area contributed by atoms with Crippen molar-refractivity contribution in [1.82, 2.24) is 0 Å². The normalized spacial score (nSPS) is 10.6. The number of carbonyl (C=O) groups is 1. The quantitative estimate of drug-likeness (QED) is 0.630. The van der Waals surface area contributed by atoms with E-state index in [2.05, 4.69) is 12.1 Å². The SMILES string of the molecule is CC(=O)PCc1ccccc1. The van der Waals surface area contributed by atoms with E-state index in [1.807, 2.05) is 18.2 Å². The summed E-state index contributed by atoms with van der Waals surface area (Å²) in [5.41, 5.74) is 1.54. The Bertz CT molecular complexity index is 231. The molecule has 0 saturated carbocycles. The molecule has 0 amide bonds. The lowest BCUT2D eigenvalue weighted by Crippen LogP contribution is -1.81. The van der Waals surface area contributed by atoms with E-state index in [-0.39, 0.29) is 5.52 Å². The van der Waals surface area contributed by atoms with Gasteiger partial charge in [0.1, 0.15) is 5.52 Å². The Morgan fingerprint density at radius 1 is 1.36 bits per heavy atom. The van der Waals surface area contributed by atoms with Crippen molar-refractivity contribution >= 4 is 14.1 Å². The zero-order valence-corrected chi connectivity index (χ0v) is 7.50. The molecule has 0 spiro atoms. The Morgan fingerprint density at radius 2 is 2.00 bits per heavy atom. The Labute approximate surface area is 68.6 Å². The molecule has 11 heavy (non-hydrogen) atoms. The van der Waals surface area contributed by atoms with E-state index in [1.54, 1.807) is 6.92 Å². The minimum Gasteiger partial charge on any atom is -0.295 e. The molecule has 0 fully saturated rings. The fraction of sp³-hybridized carbons (Fsp3) is 0.222. The van der Waals surface area contributed by atoms with Crippen LogP contribution < -0.4 is 0 Å². The van der Waals surface area contributed by atoms with E-state index in [0.717, 1.165) is 6.16 Å². The summed E-state index contributed by atoms with van der Waals surface area (Å²) in [4.78, 5) is 10.6. The molecule has 1 aromatic rings. The molecule has 0 aliphatic carbocycles. The first-order valence-corrected chi connectivity index (χ1v) is 4.78. The Balaban J connectivity index is 2.45. The molecule has 0 aliphatic heterocycles. The highest BCUT2D eigenvalue weighted by atomic mass is 31.1. The molecule has 0 heterocycles. The van der Waals surface area contributed by atoms with Gasteiger partial charge in [0.2, 0.25) is 0 Å². The summed E-state index contributed by atoms with van der Waals surface area (Å²) in [6.07, 6.45) is 0.899. The first-order valence-electron chi connectivity index (χ1n) is 3.57. The lowest BCUT2D eigenvalue weighted by atomic mass is 10.2. The summed E-state index contributed by atoms with van der Waals surface area (Å²) in [6.45, 7) is 1.64. The van der Waals surface area contributed by atoms with E-state index in [0.29, 0.717) is 8.58 Å². The van der Waals surface area contributed by atoms with Gasteiger partial charge in [-0.05, 0) is 27.2 Å². The van der Waals surface area contributed by atoms with Gasteiger partial charge in [0.25, 0.3) is 0 Å². The molecule has 1 rings (SSSR count). The topological polar surface area (TPSA) is 17.1 Å². The smallest absolute Gasteiger partial charge is 0.148 e. The van der Waals surface area contributed by atoms with Crippen molar-refractivity contribution in [1.29, 1.82) is 0 Å². The van der Waals surface area contributed by atoms with Crippen LogP contribution in [-0.4, -0.2) is 5.52 Å². The van der Waals surface area contributed by atoms with Crippen LogP contribution in [-0.2, 0) is 11.0 Å². The van der Waals surface area contributed by atoms with Gasteiger partial charge >= 0.3 is 0 Å². The summed E-state index contributed by atoms with van der Waals surface area (Å²) in [5, 5.41) is 0. The van der Waals surface area contributed by atoms with Gasteiger partial charge in [0.05, 0.1) is 0 Å². The monoisotopic (exact) mass is 166 g/mol. The molecule has 1 aromatic carbocycles. The van der Waals surface area contributed by atoms with Crippen LogP contribution in [0.4, 0.5) is 0 Å². The first kappa shape index (κ1) is 8.42. The Kier molecular flexibility index (Phi) is 3.25. The van der Waals surface area contributed by atoms with Gasteiger partial charge < -0.3 is 0 Å². The van der Waals surface area contributed by atoms with Gasteiger partial charge in [-0.2, -0.15) is 0 Å². The van der Waals surface area contributed by atoms with Gasteiger partial charge in [-0.25, -0.2) is 0 Å². The average Bonchev–Trinajstić information content (AvgIpc) is 2.03. The van der Waals surface area contributed by atoms with Crippen molar-refractivity contribution in [2.24, 2.45) is 0 Å². The molecule has 0 aromatic heterocycles. The molecule has 0 saturated heterocycles. The van der Waals surface area contributed by atoms with Crippen molar-refractivity contribution in [3.63, 3.8) is 0 Å². The molecule has 0 radical (unpaired) electrons. The number of benzene rings is 1. The van der Waals surface area contributed by atoms with Crippen molar-refractivity contribution in [2.75, 3.05) is 0 Å². The number of rotatable bonds is 3. The standard InChI is InChI=1S/C9H11OP/c1-8(10)11-7-9-5-3-2-4-6-9/h2-6,11H,7H2,1H3. The molecule has 0 aliphatic rings. The molecular weight excluding hydrogens is 155 g/mol. The minimum absolute atomic E-state index is 0.286. The Hall–Kier alpha value is -0.680. The number of carbonyl (C=O) groups excluding carboxylic acids is 1. The molecule has 0 bridgehead atoms. The predicted octanol–water partition coefficient (Wildman–Crippen LogP) is 2.41. The van der Waals surface area contributed by atoms with E-state index in [9.17, 15) is 4.79 Å². The van der Waals surface area contributed by atoms with Gasteiger partial charge in [-0.3, -0.25) is 4.79 Å².